The number of rotatable bonds is 5. The van der Waals surface area contributed by atoms with Crippen LogP contribution in [0, 0.1) is 0 Å². The summed E-state index contributed by atoms with van der Waals surface area (Å²) in [7, 11) is 1.33. The molecule has 4 aromatic rings. The van der Waals surface area contributed by atoms with Crippen LogP contribution in [0.1, 0.15) is 16.1 Å². The van der Waals surface area contributed by atoms with Gasteiger partial charge in [-0.2, -0.15) is 0 Å². The average Bonchev–Trinajstić information content (AvgIpc) is 3.37. The van der Waals surface area contributed by atoms with Crippen molar-refractivity contribution in [1.82, 2.24) is 9.97 Å². The van der Waals surface area contributed by atoms with Gasteiger partial charge in [-0.1, -0.05) is 42.5 Å². The molecule has 0 saturated heterocycles. The molecule has 0 atom stereocenters. The van der Waals surface area contributed by atoms with Gasteiger partial charge in [-0.3, -0.25) is 4.79 Å². The van der Waals surface area contributed by atoms with Crippen molar-refractivity contribution in [3.05, 3.63) is 71.4 Å². The van der Waals surface area contributed by atoms with Gasteiger partial charge in [-0.15, -0.1) is 11.3 Å². The number of hydrogen-bond acceptors (Lipinski definition) is 5. The monoisotopic (exact) mass is 391 g/mol. The Morgan fingerprint density at radius 3 is 2.86 bits per heavy atom. The van der Waals surface area contributed by atoms with E-state index >= 15 is 0 Å². The Morgan fingerprint density at radius 2 is 2.00 bits per heavy atom. The number of esters is 1. The van der Waals surface area contributed by atoms with Gasteiger partial charge in [-0.05, 0) is 22.4 Å². The second-order valence-corrected chi connectivity index (χ2v) is 7.05. The first kappa shape index (κ1) is 17.9. The highest BCUT2D eigenvalue weighted by Gasteiger charge is 2.13. The number of anilines is 1. The molecular weight excluding hydrogens is 374 g/mol. The second kappa shape index (κ2) is 7.66. The number of hydrogen-bond donors (Lipinski definition) is 2. The van der Waals surface area contributed by atoms with Crippen LogP contribution in [0.15, 0.2) is 60.1 Å². The zero-order valence-electron chi connectivity index (χ0n) is 15.1. The Balaban J connectivity index is 1.47. The maximum Gasteiger partial charge on any atom is 0.354 e. The lowest BCUT2D eigenvalue weighted by atomic mass is 10.0. The summed E-state index contributed by atoms with van der Waals surface area (Å²) in [6.45, 7) is 0. The van der Waals surface area contributed by atoms with Crippen molar-refractivity contribution >= 4 is 39.1 Å². The van der Waals surface area contributed by atoms with Crippen molar-refractivity contribution in [3.8, 4) is 11.3 Å². The molecule has 0 bridgehead atoms. The van der Waals surface area contributed by atoms with E-state index in [1.54, 1.807) is 12.3 Å². The SMILES string of the molecule is COC(=O)c1cc(-c2csc(NC(=O)Cc3cccc4ccccc34)n2)c[nH]1. The number of nitrogens with one attached hydrogen (secondary N) is 2. The topological polar surface area (TPSA) is 84.1 Å². The molecule has 0 aliphatic carbocycles. The van der Waals surface area contributed by atoms with Crippen molar-refractivity contribution in [2.24, 2.45) is 0 Å². The Morgan fingerprint density at radius 1 is 1.18 bits per heavy atom. The number of methoxy groups -OCH3 is 1. The third-order valence-corrected chi connectivity index (χ3v) is 5.12. The molecule has 7 heteroatoms. The first-order valence-corrected chi connectivity index (χ1v) is 9.51. The largest absolute Gasteiger partial charge is 0.464 e. The predicted octanol–water partition coefficient (Wildman–Crippen LogP) is 4.26. The number of aromatic amines is 1. The molecular formula is C21H17N3O3S. The molecule has 2 N–H and O–H groups in total. The highest BCUT2D eigenvalue weighted by Crippen LogP contribution is 2.26. The Hall–Kier alpha value is -3.45. The highest BCUT2D eigenvalue weighted by atomic mass is 32.1. The van der Waals surface area contributed by atoms with Gasteiger partial charge in [0, 0.05) is 17.1 Å². The molecule has 0 aliphatic heterocycles. The molecule has 0 unspecified atom stereocenters. The number of ether oxygens (including phenoxy) is 1. The van der Waals surface area contributed by atoms with Crippen LogP contribution in [0.2, 0.25) is 0 Å². The fraction of sp³-hybridized carbons (Fsp3) is 0.0952. The normalized spacial score (nSPS) is 10.8. The van der Waals surface area contributed by atoms with Crippen molar-refractivity contribution in [3.63, 3.8) is 0 Å². The van der Waals surface area contributed by atoms with Crippen LogP contribution in [-0.2, 0) is 16.0 Å². The van der Waals surface area contributed by atoms with Crippen LogP contribution < -0.4 is 5.32 Å². The van der Waals surface area contributed by atoms with Crippen LogP contribution in [0.25, 0.3) is 22.0 Å². The number of fused-ring (bicyclic) bond motifs is 1. The van der Waals surface area contributed by atoms with E-state index in [0.29, 0.717) is 16.5 Å². The van der Waals surface area contributed by atoms with Crippen molar-refractivity contribution in [2.45, 2.75) is 6.42 Å². The van der Waals surface area contributed by atoms with Crippen LogP contribution in [0.3, 0.4) is 0 Å². The molecule has 2 aromatic carbocycles. The summed E-state index contributed by atoms with van der Waals surface area (Å²) in [6, 6.07) is 15.6. The first-order valence-electron chi connectivity index (χ1n) is 8.63. The summed E-state index contributed by atoms with van der Waals surface area (Å²) in [4.78, 5) is 31.3. The lowest BCUT2D eigenvalue weighted by Gasteiger charge is -2.06. The van der Waals surface area contributed by atoms with Crippen LogP contribution in [0.4, 0.5) is 5.13 Å². The molecule has 4 rings (SSSR count). The van der Waals surface area contributed by atoms with Gasteiger partial charge in [0.25, 0.3) is 0 Å². The number of amides is 1. The van der Waals surface area contributed by atoms with E-state index in [1.807, 2.05) is 47.8 Å². The molecule has 140 valence electrons. The maximum absolute atomic E-state index is 12.5. The third-order valence-electron chi connectivity index (χ3n) is 4.37. The van der Waals surface area contributed by atoms with E-state index in [9.17, 15) is 9.59 Å². The summed E-state index contributed by atoms with van der Waals surface area (Å²) in [5.41, 5.74) is 2.76. The van der Waals surface area contributed by atoms with E-state index in [2.05, 4.69) is 20.0 Å². The Kier molecular flexibility index (Phi) is 4.90. The fourth-order valence-corrected chi connectivity index (χ4v) is 3.75. The Labute approximate surface area is 165 Å². The smallest absolute Gasteiger partial charge is 0.354 e. The molecule has 2 heterocycles. The number of nitrogens with zero attached hydrogens (tertiary/aromatic N) is 1. The van der Waals surface area contributed by atoms with Crippen molar-refractivity contribution < 1.29 is 14.3 Å². The fourth-order valence-electron chi connectivity index (χ4n) is 3.02. The molecule has 0 fully saturated rings. The molecule has 0 radical (unpaired) electrons. The highest BCUT2D eigenvalue weighted by molar-refractivity contribution is 7.14. The molecule has 0 aliphatic rings. The third kappa shape index (κ3) is 3.65. The summed E-state index contributed by atoms with van der Waals surface area (Å²) >= 11 is 1.34. The lowest BCUT2D eigenvalue weighted by molar-refractivity contribution is -0.115. The van der Waals surface area contributed by atoms with Crippen LogP contribution in [0.5, 0.6) is 0 Å². The zero-order chi connectivity index (χ0) is 19.5. The molecule has 0 spiro atoms. The summed E-state index contributed by atoms with van der Waals surface area (Å²) in [6.07, 6.45) is 1.95. The van der Waals surface area contributed by atoms with Gasteiger partial charge < -0.3 is 15.0 Å². The number of H-pyrrole nitrogens is 1. The number of carbonyl (C=O) groups excluding carboxylic acids is 2. The van der Waals surface area contributed by atoms with E-state index in [4.69, 9.17) is 0 Å². The van der Waals surface area contributed by atoms with Gasteiger partial charge >= 0.3 is 5.97 Å². The minimum absolute atomic E-state index is 0.124. The molecule has 2 aromatic heterocycles. The summed E-state index contributed by atoms with van der Waals surface area (Å²) < 4.78 is 4.69. The van der Waals surface area contributed by atoms with E-state index < -0.39 is 5.97 Å². The quantitative estimate of drug-likeness (QED) is 0.498. The number of aromatic nitrogens is 2. The van der Waals surface area contributed by atoms with Gasteiger partial charge in [0.1, 0.15) is 5.69 Å². The summed E-state index contributed by atoms with van der Waals surface area (Å²) in [5.74, 6) is -0.563. The van der Waals surface area contributed by atoms with Crippen LogP contribution >= 0.6 is 11.3 Å². The van der Waals surface area contributed by atoms with Crippen molar-refractivity contribution in [1.29, 1.82) is 0 Å². The summed E-state index contributed by atoms with van der Waals surface area (Å²) in [5, 5.41) is 7.38. The number of thiazole rings is 1. The lowest BCUT2D eigenvalue weighted by Crippen LogP contribution is -2.14. The molecule has 1 amide bonds. The van der Waals surface area contributed by atoms with Crippen LogP contribution in [-0.4, -0.2) is 29.0 Å². The minimum Gasteiger partial charge on any atom is -0.464 e. The standard InChI is InChI=1S/C21H17N3O3S/c1-27-20(26)17-9-15(11-22-17)18-12-28-21(23-18)24-19(25)10-14-7-4-6-13-5-2-3-8-16(13)14/h2-9,11-12,22H,10H2,1H3,(H,23,24,25). The van der Waals surface area contributed by atoms with Gasteiger partial charge in [0.15, 0.2) is 5.13 Å². The maximum atomic E-state index is 12.5. The van der Waals surface area contributed by atoms with Gasteiger partial charge in [0.05, 0.1) is 19.2 Å². The molecule has 6 nitrogen and oxygen atoms in total. The van der Waals surface area contributed by atoms with E-state index in [-0.39, 0.29) is 12.3 Å². The van der Waals surface area contributed by atoms with Crippen molar-refractivity contribution in [2.75, 3.05) is 12.4 Å². The number of carbonyl (C=O) groups is 2. The van der Waals surface area contributed by atoms with Gasteiger partial charge in [0.2, 0.25) is 5.91 Å². The first-order chi connectivity index (χ1) is 13.6. The number of benzene rings is 2. The van der Waals surface area contributed by atoms with Gasteiger partial charge in [-0.25, -0.2) is 9.78 Å². The molecule has 0 saturated carbocycles. The Bertz CT molecular complexity index is 1160. The zero-order valence-corrected chi connectivity index (χ0v) is 15.9. The van der Waals surface area contributed by atoms with E-state index in [0.717, 1.165) is 21.9 Å². The minimum atomic E-state index is -0.440. The van der Waals surface area contributed by atoms with E-state index in [1.165, 1.54) is 18.4 Å². The molecule has 28 heavy (non-hydrogen) atoms. The second-order valence-electron chi connectivity index (χ2n) is 6.19. The average molecular weight is 391 g/mol. The predicted molar refractivity (Wildman–Crippen MR) is 110 cm³/mol.